The van der Waals surface area contributed by atoms with E-state index >= 15 is 0 Å². The summed E-state index contributed by atoms with van der Waals surface area (Å²) in [5.41, 5.74) is 1.78. The first kappa shape index (κ1) is 15.8. The molecule has 1 amide bonds. The van der Waals surface area contributed by atoms with Gasteiger partial charge in [-0.2, -0.15) is 0 Å². The number of carbonyl (C=O) groups excluding carboxylic acids is 1. The van der Waals surface area contributed by atoms with Crippen molar-refractivity contribution in [2.24, 2.45) is 0 Å². The lowest BCUT2D eigenvalue weighted by molar-refractivity contribution is -0.126. The van der Waals surface area contributed by atoms with Crippen molar-refractivity contribution in [2.45, 2.75) is 51.9 Å². The van der Waals surface area contributed by atoms with Gasteiger partial charge in [-0.05, 0) is 24.0 Å². The minimum atomic E-state index is -1.42. The first-order valence-corrected chi connectivity index (χ1v) is 7.42. The van der Waals surface area contributed by atoms with Gasteiger partial charge in [0.15, 0.2) is 12.4 Å². The van der Waals surface area contributed by atoms with Crippen molar-refractivity contribution in [1.82, 2.24) is 0 Å². The summed E-state index contributed by atoms with van der Waals surface area (Å²) < 4.78 is 5.91. The van der Waals surface area contributed by atoms with E-state index in [9.17, 15) is 4.79 Å². The third kappa shape index (κ3) is 3.19. The lowest BCUT2D eigenvalue weighted by Crippen LogP contribution is -2.46. The predicted molar refractivity (Wildman–Crippen MR) is 80.4 cm³/mol. The molecule has 1 heterocycles. The van der Waals surface area contributed by atoms with E-state index < -0.39 is 12.4 Å². The summed E-state index contributed by atoms with van der Waals surface area (Å²) in [6.07, 6.45) is -1.22. The van der Waals surface area contributed by atoms with Crippen LogP contribution in [0, 0.1) is 0 Å². The Morgan fingerprint density at radius 1 is 1.33 bits per heavy atom. The minimum absolute atomic E-state index is 0.119. The third-order valence-electron chi connectivity index (χ3n) is 3.72. The molecule has 2 rings (SSSR count). The lowest BCUT2D eigenvalue weighted by Gasteiger charge is -2.35. The molecule has 1 atom stereocenters. The highest BCUT2D eigenvalue weighted by Gasteiger charge is 2.34. The normalized spacial score (nSPS) is 18.1. The number of anilines is 1. The van der Waals surface area contributed by atoms with Gasteiger partial charge in [-0.15, -0.1) is 0 Å². The molecule has 1 unspecified atom stereocenters. The second-order valence-electron chi connectivity index (χ2n) is 5.62. The Labute approximate surface area is 125 Å². The number of fused-ring (bicyclic) bond motifs is 1. The van der Waals surface area contributed by atoms with Gasteiger partial charge in [-0.3, -0.25) is 4.79 Å². The zero-order valence-corrected chi connectivity index (χ0v) is 12.7. The number of nitrogens with zero attached hydrogens (tertiary/aromatic N) is 1. The molecule has 5 nitrogen and oxygen atoms in total. The molecule has 21 heavy (non-hydrogen) atoms. The minimum Gasteiger partial charge on any atom is -0.478 e. The van der Waals surface area contributed by atoms with Crippen LogP contribution >= 0.6 is 0 Å². The molecule has 0 radical (unpaired) electrons. The second kappa shape index (κ2) is 6.45. The van der Waals surface area contributed by atoms with Crippen molar-refractivity contribution < 1.29 is 19.7 Å². The van der Waals surface area contributed by atoms with E-state index in [2.05, 4.69) is 13.8 Å². The maximum atomic E-state index is 12.5. The standard InChI is InChI=1S/C16H23NO4/c1-4-13-16(20)17(9-8-14(18)19)12-7-5-6-11(10(2)3)15(12)21-13/h5-7,10,13-14,18-19H,4,8-9H2,1-3H3. The number of ether oxygens (including phenoxy) is 1. The van der Waals surface area contributed by atoms with Crippen molar-refractivity contribution in [3.05, 3.63) is 23.8 Å². The van der Waals surface area contributed by atoms with Crippen LogP contribution in [-0.2, 0) is 4.79 Å². The topological polar surface area (TPSA) is 70.0 Å². The molecule has 0 bridgehead atoms. The summed E-state index contributed by atoms with van der Waals surface area (Å²) in [6, 6.07) is 5.75. The molecule has 0 aromatic heterocycles. The highest BCUT2D eigenvalue weighted by molar-refractivity contribution is 6.00. The van der Waals surface area contributed by atoms with Gasteiger partial charge in [0.1, 0.15) is 5.75 Å². The second-order valence-corrected chi connectivity index (χ2v) is 5.62. The Balaban J connectivity index is 2.42. The monoisotopic (exact) mass is 293 g/mol. The number of para-hydroxylation sites is 1. The number of aliphatic hydroxyl groups excluding tert-OH is 1. The number of amides is 1. The summed E-state index contributed by atoms with van der Waals surface area (Å²) in [4.78, 5) is 14.1. The Kier molecular flexibility index (Phi) is 4.85. The number of rotatable bonds is 5. The van der Waals surface area contributed by atoms with E-state index in [1.165, 1.54) is 0 Å². The van der Waals surface area contributed by atoms with Crippen LogP contribution in [-0.4, -0.2) is 35.1 Å². The fraction of sp³-hybridized carbons (Fsp3) is 0.562. The van der Waals surface area contributed by atoms with E-state index in [1.807, 2.05) is 25.1 Å². The number of hydrogen-bond donors (Lipinski definition) is 2. The Morgan fingerprint density at radius 2 is 2.05 bits per heavy atom. The fourth-order valence-corrected chi connectivity index (χ4v) is 2.56. The van der Waals surface area contributed by atoms with Crippen LogP contribution in [0.25, 0.3) is 0 Å². The SMILES string of the molecule is CCC1Oc2c(C(C)C)cccc2N(CCC(O)O)C1=O. The molecule has 0 spiro atoms. The Morgan fingerprint density at radius 3 is 2.62 bits per heavy atom. The quantitative estimate of drug-likeness (QED) is 0.815. The highest BCUT2D eigenvalue weighted by atomic mass is 16.5. The molecular formula is C16H23NO4. The van der Waals surface area contributed by atoms with Gasteiger partial charge in [-0.1, -0.05) is 32.9 Å². The molecule has 0 saturated heterocycles. The van der Waals surface area contributed by atoms with Crippen molar-refractivity contribution in [3.8, 4) is 5.75 Å². The Hall–Kier alpha value is -1.59. The molecule has 1 aromatic carbocycles. The highest BCUT2D eigenvalue weighted by Crippen LogP contribution is 2.40. The molecule has 0 aliphatic carbocycles. The zero-order valence-electron chi connectivity index (χ0n) is 12.7. The van der Waals surface area contributed by atoms with E-state index in [0.717, 1.165) is 17.0 Å². The fourth-order valence-electron chi connectivity index (χ4n) is 2.56. The molecule has 2 N–H and O–H groups in total. The van der Waals surface area contributed by atoms with Crippen molar-refractivity contribution in [1.29, 1.82) is 0 Å². The van der Waals surface area contributed by atoms with E-state index in [0.29, 0.717) is 6.42 Å². The Bertz CT molecular complexity index is 513. The number of aliphatic hydroxyl groups is 2. The van der Waals surface area contributed by atoms with Crippen LogP contribution in [0.2, 0.25) is 0 Å². The summed E-state index contributed by atoms with van der Waals surface area (Å²) in [5.74, 6) is 0.911. The van der Waals surface area contributed by atoms with Crippen LogP contribution in [0.3, 0.4) is 0 Å². The van der Waals surface area contributed by atoms with Gasteiger partial charge in [-0.25, -0.2) is 0 Å². The van der Waals surface area contributed by atoms with Crippen molar-refractivity contribution in [3.63, 3.8) is 0 Å². The zero-order chi connectivity index (χ0) is 15.6. The summed E-state index contributed by atoms with van der Waals surface area (Å²) >= 11 is 0. The van der Waals surface area contributed by atoms with Gasteiger partial charge in [0.25, 0.3) is 5.91 Å². The van der Waals surface area contributed by atoms with Crippen molar-refractivity contribution in [2.75, 3.05) is 11.4 Å². The number of carbonyl (C=O) groups is 1. The average Bonchev–Trinajstić information content (AvgIpc) is 2.44. The van der Waals surface area contributed by atoms with E-state index in [1.54, 1.807) is 4.90 Å². The third-order valence-corrected chi connectivity index (χ3v) is 3.72. The van der Waals surface area contributed by atoms with Gasteiger partial charge >= 0.3 is 0 Å². The molecular weight excluding hydrogens is 270 g/mol. The maximum Gasteiger partial charge on any atom is 0.268 e. The van der Waals surface area contributed by atoms with Crippen LogP contribution in [0.5, 0.6) is 5.75 Å². The number of benzene rings is 1. The maximum absolute atomic E-state index is 12.5. The van der Waals surface area contributed by atoms with Crippen LogP contribution in [0.1, 0.15) is 45.1 Å². The molecule has 0 saturated carbocycles. The largest absolute Gasteiger partial charge is 0.478 e. The molecule has 5 heteroatoms. The number of hydrogen-bond acceptors (Lipinski definition) is 4. The van der Waals surface area contributed by atoms with Crippen molar-refractivity contribution >= 4 is 11.6 Å². The molecule has 1 aliphatic rings. The van der Waals surface area contributed by atoms with Gasteiger partial charge < -0.3 is 19.8 Å². The van der Waals surface area contributed by atoms with Gasteiger partial charge in [0, 0.05) is 13.0 Å². The average molecular weight is 293 g/mol. The van der Waals surface area contributed by atoms with E-state index in [-0.39, 0.29) is 24.8 Å². The molecule has 0 fully saturated rings. The lowest BCUT2D eigenvalue weighted by atomic mass is 9.99. The smallest absolute Gasteiger partial charge is 0.268 e. The van der Waals surface area contributed by atoms with Crippen LogP contribution in [0.4, 0.5) is 5.69 Å². The first-order valence-electron chi connectivity index (χ1n) is 7.42. The molecule has 1 aliphatic heterocycles. The predicted octanol–water partition coefficient (Wildman–Crippen LogP) is 2.01. The molecule has 1 aromatic rings. The van der Waals surface area contributed by atoms with Gasteiger partial charge in [0.05, 0.1) is 5.69 Å². The van der Waals surface area contributed by atoms with Gasteiger partial charge in [0.2, 0.25) is 0 Å². The summed E-state index contributed by atoms with van der Waals surface area (Å²) in [6.45, 7) is 6.34. The van der Waals surface area contributed by atoms with Crippen LogP contribution in [0.15, 0.2) is 18.2 Å². The van der Waals surface area contributed by atoms with E-state index in [4.69, 9.17) is 14.9 Å². The van der Waals surface area contributed by atoms with Crippen LogP contribution < -0.4 is 9.64 Å². The first-order chi connectivity index (χ1) is 9.95. The summed E-state index contributed by atoms with van der Waals surface area (Å²) in [5, 5.41) is 18.1. The summed E-state index contributed by atoms with van der Waals surface area (Å²) in [7, 11) is 0. The molecule has 116 valence electrons.